The maximum Gasteiger partial charge on any atom is 0.218 e. The second-order valence-electron chi connectivity index (χ2n) is 6.36. The lowest BCUT2D eigenvalue weighted by Gasteiger charge is -2.37. The quantitative estimate of drug-likeness (QED) is 0.775. The average molecular weight is 396 g/mol. The van der Waals surface area contributed by atoms with Crippen molar-refractivity contribution in [2.45, 2.75) is 24.8 Å². The van der Waals surface area contributed by atoms with Gasteiger partial charge in [0.25, 0.3) is 0 Å². The molecule has 2 aromatic rings. The Morgan fingerprint density at radius 3 is 2.54 bits per heavy atom. The number of hydrogen-bond donors (Lipinski definition) is 0. The van der Waals surface area contributed by atoms with Crippen LogP contribution in [0.5, 0.6) is 5.75 Å². The van der Waals surface area contributed by atoms with Crippen molar-refractivity contribution in [2.75, 3.05) is 20.3 Å². The largest absolute Gasteiger partial charge is 0.497 e. The fourth-order valence-corrected chi connectivity index (χ4v) is 5.10. The molecule has 3 rings (SSSR count). The van der Waals surface area contributed by atoms with Gasteiger partial charge in [-0.15, -0.1) is 0 Å². The third-order valence-corrected chi connectivity index (χ3v) is 6.78. The standard InChI is InChI=1S/C19H22ClNO4S/c1-14-12-25-19(15-7-9-17(24-2)10-8-15)11-21(14)26(22,23)13-16-5-3-4-6-18(16)20/h3-10,14,19H,11-13H2,1-2H3. The predicted octanol–water partition coefficient (Wildman–Crippen LogP) is 3.64. The van der Waals surface area contributed by atoms with E-state index < -0.39 is 10.0 Å². The lowest BCUT2D eigenvalue weighted by atomic mass is 10.1. The highest BCUT2D eigenvalue weighted by atomic mass is 35.5. The van der Waals surface area contributed by atoms with Crippen LogP contribution in [0.1, 0.15) is 24.2 Å². The van der Waals surface area contributed by atoms with E-state index in [1.807, 2.05) is 31.2 Å². The molecule has 0 bridgehead atoms. The maximum absolute atomic E-state index is 13.0. The molecule has 140 valence electrons. The Hall–Kier alpha value is -1.60. The Morgan fingerprint density at radius 1 is 1.19 bits per heavy atom. The normalized spacial score (nSPS) is 21.5. The minimum atomic E-state index is -3.52. The van der Waals surface area contributed by atoms with Crippen LogP contribution in [-0.2, 0) is 20.5 Å². The van der Waals surface area contributed by atoms with Gasteiger partial charge in [-0.05, 0) is 36.2 Å². The molecule has 26 heavy (non-hydrogen) atoms. The molecule has 0 aliphatic carbocycles. The molecule has 7 heteroatoms. The number of nitrogens with zero attached hydrogens (tertiary/aromatic N) is 1. The van der Waals surface area contributed by atoms with Crippen LogP contribution in [0.3, 0.4) is 0 Å². The Kier molecular flexibility index (Phi) is 5.87. The van der Waals surface area contributed by atoms with E-state index in [4.69, 9.17) is 21.1 Å². The Bertz CT molecular complexity index is 854. The van der Waals surface area contributed by atoms with Crippen molar-refractivity contribution in [2.24, 2.45) is 0 Å². The van der Waals surface area contributed by atoms with E-state index in [9.17, 15) is 8.42 Å². The van der Waals surface area contributed by atoms with Crippen LogP contribution in [-0.4, -0.2) is 39.0 Å². The van der Waals surface area contributed by atoms with Gasteiger partial charge >= 0.3 is 0 Å². The molecular formula is C19H22ClNO4S. The summed E-state index contributed by atoms with van der Waals surface area (Å²) in [6.45, 7) is 2.48. The lowest BCUT2D eigenvalue weighted by molar-refractivity contribution is -0.0289. The maximum atomic E-state index is 13.0. The Morgan fingerprint density at radius 2 is 1.88 bits per heavy atom. The first-order valence-electron chi connectivity index (χ1n) is 8.39. The van der Waals surface area contributed by atoms with E-state index in [2.05, 4.69) is 0 Å². The van der Waals surface area contributed by atoms with Crippen molar-refractivity contribution in [1.29, 1.82) is 0 Å². The smallest absolute Gasteiger partial charge is 0.218 e. The lowest BCUT2D eigenvalue weighted by Crippen LogP contribution is -2.48. The SMILES string of the molecule is COc1ccc(C2CN(S(=O)(=O)Cc3ccccc3Cl)C(C)CO2)cc1. The van der Waals surface area contributed by atoms with E-state index in [0.717, 1.165) is 11.3 Å². The van der Waals surface area contributed by atoms with Crippen LogP contribution in [0.15, 0.2) is 48.5 Å². The molecule has 0 saturated carbocycles. The highest BCUT2D eigenvalue weighted by Crippen LogP contribution is 2.30. The molecule has 0 aromatic heterocycles. The summed E-state index contributed by atoms with van der Waals surface area (Å²) in [5, 5.41) is 0.462. The molecule has 2 aromatic carbocycles. The fraction of sp³-hybridized carbons (Fsp3) is 0.368. The minimum absolute atomic E-state index is 0.119. The van der Waals surface area contributed by atoms with Gasteiger partial charge in [-0.1, -0.05) is 41.9 Å². The van der Waals surface area contributed by atoms with Gasteiger partial charge in [0.2, 0.25) is 10.0 Å². The number of sulfonamides is 1. The summed E-state index contributed by atoms with van der Waals surface area (Å²) in [7, 11) is -1.91. The van der Waals surface area contributed by atoms with E-state index >= 15 is 0 Å². The van der Waals surface area contributed by atoms with Crippen LogP contribution in [0.25, 0.3) is 0 Å². The molecule has 2 unspecified atom stereocenters. The Balaban J connectivity index is 1.79. The predicted molar refractivity (Wildman–Crippen MR) is 102 cm³/mol. The van der Waals surface area contributed by atoms with Crippen molar-refractivity contribution in [1.82, 2.24) is 4.31 Å². The summed E-state index contributed by atoms with van der Waals surface area (Å²) in [6, 6.07) is 14.3. The molecule has 5 nitrogen and oxygen atoms in total. The third kappa shape index (κ3) is 4.20. The first kappa shape index (κ1) is 19.2. The van der Waals surface area contributed by atoms with Crippen molar-refractivity contribution in [3.63, 3.8) is 0 Å². The summed E-state index contributed by atoms with van der Waals surface area (Å²) in [5.41, 5.74) is 1.53. The number of benzene rings is 2. The molecule has 1 aliphatic rings. The molecule has 2 atom stereocenters. The average Bonchev–Trinajstić information content (AvgIpc) is 2.64. The zero-order valence-electron chi connectivity index (χ0n) is 14.8. The molecule has 1 heterocycles. The zero-order chi connectivity index (χ0) is 18.7. The van der Waals surface area contributed by atoms with Gasteiger partial charge < -0.3 is 9.47 Å². The van der Waals surface area contributed by atoms with Gasteiger partial charge in [0.1, 0.15) is 5.75 Å². The first-order chi connectivity index (χ1) is 12.4. The third-order valence-electron chi connectivity index (χ3n) is 4.52. The molecule has 0 radical (unpaired) electrons. The number of rotatable bonds is 5. The van der Waals surface area contributed by atoms with E-state index in [1.54, 1.807) is 31.4 Å². The van der Waals surface area contributed by atoms with Crippen molar-refractivity contribution in [3.05, 3.63) is 64.7 Å². The second kappa shape index (κ2) is 7.96. The van der Waals surface area contributed by atoms with Crippen LogP contribution >= 0.6 is 11.6 Å². The fourth-order valence-electron chi connectivity index (χ4n) is 3.04. The number of morpholine rings is 1. The summed E-state index contributed by atoms with van der Waals surface area (Å²) in [5.74, 6) is 0.632. The summed E-state index contributed by atoms with van der Waals surface area (Å²) >= 11 is 6.14. The van der Waals surface area contributed by atoms with E-state index in [-0.39, 0.29) is 24.4 Å². The number of halogens is 1. The number of hydrogen-bond acceptors (Lipinski definition) is 4. The highest BCUT2D eigenvalue weighted by molar-refractivity contribution is 7.88. The molecule has 1 fully saturated rings. The highest BCUT2D eigenvalue weighted by Gasteiger charge is 2.35. The topological polar surface area (TPSA) is 55.8 Å². The van der Waals surface area contributed by atoms with Crippen LogP contribution in [0, 0.1) is 0 Å². The molecular weight excluding hydrogens is 374 g/mol. The second-order valence-corrected chi connectivity index (χ2v) is 8.69. The minimum Gasteiger partial charge on any atom is -0.497 e. The number of methoxy groups -OCH3 is 1. The van der Waals surface area contributed by atoms with Gasteiger partial charge in [0, 0.05) is 17.6 Å². The first-order valence-corrected chi connectivity index (χ1v) is 10.4. The van der Waals surface area contributed by atoms with Crippen LogP contribution in [0.2, 0.25) is 5.02 Å². The molecule has 1 aliphatic heterocycles. The summed E-state index contributed by atoms with van der Waals surface area (Å²) in [4.78, 5) is 0. The zero-order valence-corrected chi connectivity index (χ0v) is 16.3. The van der Waals surface area contributed by atoms with E-state index in [1.165, 1.54) is 4.31 Å². The van der Waals surface area contributed by atoms with Crippen molar-refractivity contribution >= 4 is 21.6 Å². The van der Waals surface area contributed by atoms with Gasteiger partial charge in [0.15, 0.2) is 0 Å². The molecule has 0 spiro atoms. The molecule has 1 saturated heterocycles. The van der Waals surface area contributed by atoms with Gasteiger partial charge in [-0.2, -0.15) is 4.31 Å². The van der Waals surface area contributed by atoms with Gasteiger partial charge in [-0.25, -0.2) is 8.42 Å². The molecule has 0 N–H and O–H groups in total. The summed E-state index contributed by atoms with van der Waals surface area (Å²) < 4.78 is 38.5. The monoisotopic (exact) mass is 395 g/mol. The van der Waals surface area contributed by atoms with Gasteiger partial charge in [-0.3, -0.25) is 0 Å². The summed E-state index contributed by atoms with van der Waals surface area (Å²) in [6.07, 6.45) is -0.307. The van der Waals surface area contributed by atoms with Crippen LogP contribution < -0.4 is 4.74 Å². The van der Waals surface area contributed by atoms with E-state index in [0.29, 0.717) is 17.2 Å². The van der Waals surface area contributed by atoms with Crippen molar-refractivity contribution < 1.29 is 17.9 Å². The van der Waals surface area contributed by atoms with Crippen LogP contribution in [0.4, 0.5) is 0 Å². The number of ether oxygens (including phenoxy) is 2. The van der Waals surface area contributed by atoms with Crippen molar-refractivity contribution in [3.8, 4) is 5.75 Å². The molecule has 0 amide bonds. The Labute approximate surface area is 159 Å². The van der Waals surface area contributed by atoms with Gasteiger partial charge in [0.05, 0.1) is 25.6 Å².